The lowest BCUT2D eigenvalue weighted by Gasteiger charge is -2.34. The van der Waals surface area contributed by atoms with Crippen molar-refractivity contribution in [1.82, 2.24) is 10.2 Å². The minimum absolute atomic E-state index is 0.0378. The van der Waals surface area contributed by atoms with Crippen LogP contribution in [0.2, 0.25) is 20.1 Å². The van der Waals surface area contributed by atoms with Crippen LogP contribution in [0.4, 0.5) is 5.69 Å². The van der Waals surface area contributed by atoms with E-state index in [9.17, 15) is 18.0 Å². The van der Waals surface area contributed by atoms with E-state index in [1.165, 1.54) is 35.2 Å². The van der Waals surface area contributed by atoms with Crippen molar-refractivity contribution in [3.05, 3.63) is 92.4 Å². The molecule has 1 N–H and O–H groups in total. The molecule has 0 saturated heterocycles. The number of sulfonamides is 1. The van der Waals surface area contributed by atoms with Gasteiger partial charge in [0.25, 0.3) is 10.0 Å². The molecule has 7 nitrogen and oxygen atoms in total. The van der Waals surface area contributed by atoms with Crippen molar-refractivity contribution in [3.8, 4) is 0 Å². The predicted octanol–water partition coefficient (Wildman–Crippen LogP) is 6.83. The average Bonchev–Trinajstić information content (AvgIpc) is 2.88. The maximum Gasteiger partial charge on any atom is 0.264 e. The Morgan fingerprint density at radius 1 is 0.875 bits per heavy atom. The highest BCUT2D eigenvalue weighted by Crippen LogP contribution is 2.31. The van der Waals surface area contributed by atoms with Gasteiger partial charge in [0, 0.05) is 38.2 Å². The van der Waals surface area contributed by atoms with Gasteiger partial charge in [0.15, 0.2) is 0 Å². The van der Waals surface area contributed by atoms with Crippen molar-refractivity contribution in [2.45, 2.75) is 50.7 Å². The van der Waals surface area contributed by atoms with Gasteiger partial charge in [-0.15, -0.1) is 0 Å². The minimum atomic E-state index is -4.26. The van der Waals surface area contributed by atoms with Crippen molar-refractivity contribution < 1.29 is 18.0 Å². The molecule has 40 heavy (non-hydrogen) atoms. The SMILES string of the molecule is CC[C@H](C(=O)NC(C)C)N(Cc1c(Cl)cccc1Cl)C(=O)CN(c1cc(Cl)cc(Cl)c1)S(=O)(=O)c1ccccc1. The monoisotopic (exact) mass is 643 g/mol. The number of hydrogen-bond acceptors (Lipinski definition) is 4. The molecule has 0 unspecified atom stereocenters. The van der Waals surface area contributed by atoms with Crippen LogP contribution in [-0.2, 0) is 26.2 Å². The predicted molar refractivity (Wildman–Crippen MR) is 162 cm³/mol. The number of nitrogens with zero attached hydrogens (tertiary/aromatic N) is 2. The molecule has 0 aliphatic carbocycles. The van der Waals surface area contributed by atoms with Crippen LogP contribution in [-0.4, -0.2) is 43.8 Å². The molecule has 0 aliphatic rings. The third-order valence-electron chi connectivity index (χ3n) is 5.95. The van der Waals surface area contributed by atoms with Gasteiger partial charge in [0.2, 0.25) is 11.8 Å². The highest BCUT2D eigenvalue weighted by molar-refractivity contribution is 7.92. The van der Waals surface area contributed by atoms with Crippen molar-refractivity contribution in [2.24, 2.45) is 0 Å². The Labute approximate surface area is 255 Å². The molecule has 3 aromatic rings. The number of carbonyl (C=O) groups excluding carboxylic acids is 2. The summed E-state index contributed by atoms with van der Waals surface area (Å²) < 4.78 is 28.6. The largest absolute Gasteiger partial charge is 0.352 e. The van der Waals surface area contributed by atoms with E-state index in [0.29, 0.717) is 15.6 Å². The second-order valence-corrected chi connectivity index (χ2v) is 12.8. The van der Waals surface area contributed by atoms with Crippen molar-refractivity contribution in [1.29, 1.82) is 0 Å². The first-order chi connectivity index (χ1) is 18.8. The van der Waals surface area contributed by atoms with Crippen LogP contribution in [0, 0.1) is 0 Å². The van der Waals surface area contributed by atoms with Crippen molar-refractivity contribution >= 4 is 73.9 Å². The number of amides is 2. The number of rotatable bonds is 11. The first-order valence-corrected chi connectivity index (χ1v) is 15.4. The lowest BCUT2D eigenvalue weighted by atomic mass is 10.1. The van der Waals surface area contributed by atoms with Gasteiger partial charge in [-0.1, -0.05) is 77.6 Å². The van der Waals surface area contributed by atoms with E-state index in [1.807, 2.05) is 0 Å². The molecule has 0 saturated carbocycles. The zero-order valence-electron chi connectivity index (χ0n) is 22.1. The Kier molecular flexibility index (Phi) is 11.1. The van der Waals surface area contributed by atoms with Gasteiger partial charge >= 0.3 is 0 Å². The van der Waals surface area contributed by atoms with Gasteiger partial charge in [-0.2, -0.15) is 0 Å². The molecular formula is C28H29Cl4N3O4S. The molecule has 0 heterocycles. The summed E-state index contributed by atoms with van der Waals surface area (Å²) in [6.45, 7) is 4.59. The smallest absolute Gasteiger partial charge is 0.264 e. The summed E-state index contributed by atoms with van der Waals surface area (Å²) in [4.78, 5) is 28.6. The number of carbonyl (C=O) groups is 2. The van der Waals surface area contributed by atoms with E-state index in [-0.39, 0.29) is 39.6 Å². The second kappa shape index (κ2) is 13.9. The quantitative estimate of drug-likeness (QED) is 0.248. The fourth-order valence-electron chi connectivity index (χ4n) is 4.09. The Morgan fingerprint density at radius 2 is 1.45 bits per heavy atom. The summed E-state index contributed by atoms with van der Waals surface area (Å²) in [5, 5.41) is 3.82. The maximum absolute atomic E-state index is 14.1. The normalized spacial score (nSPS) is 12.2. The summed E-state index contributed by atoms with van der Waals surface area (Å²) in [5.74, 6) is -1.05. The van der Waals surface area contributed by atoms with Crippen LogP contribution in [0.3, 0.4) is 0 Å². The Balaban J connectivity index is 2.13. The highest BCUT2D eigenvalue weighted by atomic mass is 35.5. The summed E-state index contributed by atoms with van der Waals surface area (Å²) in [6.07, 6.45) is 0.251. The molecule has 1 atom stereocenters. The van der Waals surface area contributed by atoms with Crippen LogP contribution in [0.5, 0.6) is 0 Å². The zero-order chi connectivity index (χ0) is 29.6. The molecule has 0 aromatic heterocycles. The van der Waals surface area contributed by atoms with Crippen LogP contribution >= 0.6 is 46.4 Å². The van der Waals surface area contributed by atoms with Gasteiger partial charge < -0.3 is 10.2 Å². The van der Waals surface area contributed by atoms with Crippen LogP contribution in [0.25, 0.3) is 0 Å². The summed E-state index contributed by atoms with van der Waals surface area (Å²) in [5.41, 5.74) is 0.517. The van der Waals surface area contributed by atoms with Gasteiger partial charge in [0.1, 0.15) is 12.6 Å². The fourth-order valence-corrected chi connectivity index (χ4v) is 6.54. The lowest BCUT2D eigenvalue weighted by molar-refractivity contribution is -0.140. The van der Waals surface area contributed by atoms with Gasteiger partial charge in [-0.05, 0) is 62.7 Å². The van der Waals surface area contributed by atoms with E-state index in [4.69, 9.17) is 46.4 Å². The maximum atomic E-state index is 14.1. The second-order valence-electron chi connectivity index (χ2n) is 9.26. The first kappa shape index (κ1) is 32.0. The molecule has 3 aromatic carbocycles. The molecule has 214 valence electrons. The molecular weight excluding hydrogens is 616 g/mol. The van der Waals surface area contributed by atoms with Crippen molar-refractivity contribution in [2.75, 3.05) is 10.8 Å². The van der Waals surface area contributed by atoms with Crippen LogP contribution in [0.1, 0.15) is 32.8 Å². The van der Waals surface area contributed by atoms with Gasteiger partial charge in [0.05, 0.1) is 10.6 Å². The first-order valence-electron chi connectivity index (χ1n) is 12.4. The lowest BCUT2D eigenvalue weighted by Crippen LogP contribution is -2.53. The summed E-state index contributed by atoms with van der Waals surface area (Å²) in [7, 11) is -4.26. The van der Waals surface area contributed by atoms with E-state index in [0.717, 1.165) is 4.31 Å². The molecule has 12 heteroatoms. The summed E-state index contributed by atoms with van der Waals surface area (Å²) >= 11 is 25.3. The van der Waals surface area contributed by atoms with E-state index < -0.39 is 34.4 Å². The summed E-state index contributed by atoms with van der Waals surface area (Å²) in [6, 6.07) is 15.7. The van der Waals surface area contributed by atoms with Gasteiger partial charge in [-0.3, -0.25) is 13.9 Å². The number of benzene rings is 3. The third-order valence-corrected chi connectivity index (χ3v) is 8.89. The van der Waals surface area contributed by atoms with Crippen LogP contribution < -0.4 is 9.62 Å². The standard InChI is InChI=1S/C28H29Cl4N3O4S/c1-4-26(28(37)33-18(2)3)34(16-23-24(31)11-8-12-25(23)32)27(36)17-35(21-14-19(29)13-20(30)15-21)40(38,39)22-9-6-5-7-10-22/h5-15,18,26H,4,16-17H2,1-3H3,(H,33,37)/t26-/m1/s1. The Bertz CT molecular complexity index is 1430. The molecule has 3 rings (SSSR count). The number of halogens is 4. The molecule has 0 fully saturated rings. The average molecular weight is 645 g/mol. The number of hydrogen-bond donors (Lipinski definition) is 1. The van der Waals surface area contributed by atoms with E-state index >= 15 is 0 Å². The minimum Gasteiger partial charge on any atom is -0.352 e. The van der Waals surface area contributed by atoms with Crippen molar-refractivity contribution in [3.63, 3.8) is 0 Å². The molecule has 0 aliphatic heterocycles. The molecule has 0 radical (unpaired) electrons. The molecule has 0 spiro atoms. The number of nitrogens with one attached hydrogen (secondary N) is 1. The fraction of sp³-hybridized carbons (Fsp3) is 0.286. The number of anilines is 1. The third kappa shape index (κ3) is 7.83. The van der Waals surface area contributed by atoms with E-state index in [1.54, 1.807) is 57.2 Å². The molecule has 0 bridgehead atoms. The van der Waals surface area contributed by atoms with Crippen LogP contribution in [0.15, 0.2) is 71.6 Å². The topological polar surface area (TPSA) is 86.8 Å². The van der Waals surface area contributed by atoms with Gasteiger partial charge in [-0.25, -0.2) is 8.42 Å². The zero-order valence-corrected chi connectivity index (χ0v) is 25.9. The molecule has 2 amide bonds. The highest BCUT2D eigenvalue weighted by Gasteiger charge is 2.34. The Hall–Kier alpha value is -2.49. The Morgan fingerprint density at radius 3 is 1.98 bits per heavy atom. The van der Waals surface area contributed by atoms with E-state index in [2.05, 4.69) is 5.32 Å².